The molecule has 0 aromatic heterocycles. The average molecular weight is 352 g/mol. The molecule has 2 N–H and O–H groups in total. The van der Waals surface area contributed by atoms with Crippen LogP contribution in [0.15, 0.2) is 41.0 Å². The lowest BCUT2D eigenvalue weighted by atomic mass is 10.0. The van der Waals surface area contributed by atoms with Crippen LogP contribution in [-0.2, 0) is 0 Å². The van der Waals surface area contributed by atoms with Gasteiger partial charge in [-0.1, -0.05) is 47.6 Å². The Bertz CT molecular complexity index is 662. The first kappa shape index (κ1) is 16.5. The summed E-state index contributed by atoms with van der Waals surface area (Å²) >= 11 is 7.37. The lowest BCUT2D eigenvalue weighted by Gasteiger charge is -2.29. The number of hydrogen-bond donors (Lipinski definition) is 2. The van der Waals surface area contributed by atoms with Crippen LogP contribution in [0.4, 0.5) is 4.79 Å². The van der Waals surface area contributed by atoms with Crippen molar-refractivity contribution in [3.63, 3.8) is 0 Å². The Balaban J connectivity index is 1.58. The van der Waals surface area contributed by atoms with Crippen molar-refractivity contribution in [1.29, 1.82) is 0 Å². The molecule has 0 aliphatic carbocycles. The van der Waals surface area contributed by atoms with E-state index in [0.29, 0.717) is 17.3 Å². The average Bonchev–Trinajstić information content (AvgIpc) is 2.57. The summed E-state index contributed by atoms with van der Waals surface area (Å²) in [7, 11) is 0. The van der Waals surface area contributed by atoms with Gasteiger partial charge in [0.1, 0.15) is 0 Å². The number of nitrogens with one attached hydrogen (secondary N) is 1. The number of carbonyl (C=O) groups is 1. The van der Waals surface area contributed by atoms with E-state index < -0.39 is 6.10 Å². The molecule has 0 saturated carbocycles. The molecule has 122 valence electrons. The molecule has 2 aliphatic heterocycles. The summed E-state index contributed by atoms with van der Waals surface area (Å²) in [5.41, 5.74) is 5.39. The van der Waals surface area contributed by atoms with E-state index >= 15 is 0 Å². The number of benzene rings is 1. The number of rotatable bonds is 4. The van der Waals surface area contributed by atoms with E-state index in [9.17, 15) is 9.90 Å². The summed E-state index contributed by atoms with van der Waals surface area (Å²) in [4.78, 5) is 13.3. The molecule has 2 aliphatic rings. The Morgan fingerprint density at radius 2 is 2.26 bits per heavy atom. The van der Waals surface area contributed by atoms with Gasteiger partial charge in [-0.25, -0.2) is 5.43 Å². The van der Waals surface area contributed by atoms with Gasteiger partial charge in [-0.2, -0.15) is 5.10 Å². The number of hydrazone groups is 1. The van der Waals surface area contributed by atoms with E-state index in [1.54, 1.807) is 6.07 Å². The van der Waals surface area contributed by atoms with Crippen LogP contribution in [0.25, 0.3) is 0 Å². The van der Waals surface area contributed by atoms with Crippen LogP contribution < -0.4 is 5.43 Å². The summed E-state index contributed by atoms with van der Waals surface area (Å²) in [6.45, 7) is 2.16. The first-order valence-corrected chi connectivity index (χ1v) is 8.83. The second kappa shape index (κ2) is 7.49. The molecule has 1 aromatic rings. The van der Waals surface area contributed by atoms with Crippen LogP contribution in [0.3, 0.4) is 0 Å². The van der Waals surface area contributed by atoms with Gasteiger partial charge in [0, 0.05) is 36.0 Å². The van der Waals surface area contributed by atoms with Crippen LogP contribution in [0.5, 0.6) is 0 Å². The third-order valence-electron chi connectivity index (χ3n) is 3.98. The van der Waals surface area contributed by atoms with Crippen molar-refractivity contribution in [3.05, 3.63) is 46.5 Å². The predicted molar refractivity (Wildman–Crippen MR) is 94.0 cm³/mol. The largest absolute Gasteiger partial charge is 0.387 e. The van der Waals surface area contributed by atoms with Crippen molar-refractivity contribution < 1.29 is 9.90 Å². The van der Waals surface area contributed by atoms with Crippen LogP contribution in [0.1, 0.15) is 18.1 Å². The lowest BCUT2D eigenvalue weighted by molar-refractivity contribution is 0.118. The zero-order chi connectivity index (χ0) is 16.2. The van der Waals surface area contributed by atoms with E-state index in [1.165, 1.54) is 17.3 Å². The molecule has 0 radical (unpaired) electrons. The number of amides is 1. The van der Waals surface area contributed by atoms with Gasteiger partial charge in [-0.05, 0) is 18.1 Å². The molecule has 0 bridgehead atoms. The van der Waals surface area contributed by atoms with Gasteiger partial charge in [0.2, 0.25) is 0 Å². The SMILES string of the molecule is O=C1NN=C(C2=CCN(CC(O)c3ccccc3Cl)CC2)CS1. The highest BCUT2D eigenvalue weighted by Gasteiger charge is 2.21. The minimum absolute atomic E-state index is 0.102. The molecule has 0 fully saturated rings. The van der Waals surface area contributed by atoms with Gasteiger partial charge < -0.3 is 5.11 Å². The van der Waals surface area contributed by atoms with E-state index in [-0.39, 0.29) is 5.24 Å². The second-order valence-electron chi connectivity index (χ2n) is 5.52. The zero-order valence-corrected chi connectivity index (χ0v) is 14.1. The number of hydrogen-bond acceptors (Lipinski definition) is 5. The first-order chi connectivity index (χ1) is 11.1. The fourth-order valence-corrected chi connectivity index (χ4v) is 3.59. The normalized spacial score (nSPS) is 20.5. The molecule has 1 atom stereocenters. The van der Waals surface area contributed by atoms with Crippen molar-refractivity contribution >= 4 is 34.3 Å². The molecule has 1 unspecified atom stereocenters. The smallest absolute Gasteiger partial charge is 0.299 e. The summed E-state index contributed by atoms with van der Waals surface area (Å²) in [6, 6.07) is 7.39. The van der Waals surface area contributed by atoms with Crippen LogP contribution in [0.2, 0.25) is 5.02 Å². The molecule has 1 amide bonds. The van der Waals surface area contributed by atoms with Crippen molar-refractivity contribution in [2.24, 2.45) is 5.10 Å². The molecular formula is C16H18ClN3O2S. The van der Waals surface area contributed by atoms with Crippen molar-refractivity contribution in [3.8, 4) is 0 Å². The minimum Gasteiger partial charge on any atom is -0.387 e. The minimum atomic E-state index is -0.597. The maximum absolute atomic E-state index is 11.1. The Morgan fingerprint density at radius 1 is 1.43 bits per heavy atom. The lowest BCUT2D eigenvalue weighted by Crippen LogP contribution is -2.35. The molecule has 3 rings (SSSR count). The Hall–Kier alpha value is -1.34. The standard InChI is InChI=1S/C16H18ClN3O2S/c17-13-4-2-1-3-12(13)15(21)9-20-7-5-11(6-8-20)14-10-23-16(22)19-18-14/h1-5,15,21H,6-10H2,(H,19,22). The number of thioether (sulfide) groups is 1. The molecule has 0 saturated heterocycles. The topological polar surface area (TPSA) is 64.9 Å². The summed E-state index contributed by atoms with van der Waals surface area (Å²) in [5, 5.41) is 15.0. The summed E-state index contributed by atoms with van der Waals surface area (Å²) in [5.74, 6) is 0.625. The Morgan fingerprint density at radius 3 is 2.91 bits per heavy atom. The second-order valence-corrected chi connectivity index (χ2v) is 6.88. The van der Waals surface area contributed by atoms with Crippen molar-refractivity contribution in [2.45, 2.75) is 12.5 Å². The number of aliphatic hydroxyl groups is 1. The van der Waals surface area contributed by atoms with Gasteiger partial charge in [0.05, 0.1) is 11.8 Å². The molecule has 5 nitrogen and oxygen atoms in total. The van der Waals surface area contributed by atoms with Crippen molar-refractivity contribution in [2.75, 3.05) is 25.4 Å². The number of halogens is 1. The molecule has 2 heterocycles. The van der Waals surface area contributed by atoms with Gasteiger partial charge in [0.25, 0.3) is 5.24 Å². The number of β-amino-alcohol motifs (C(OH)–C–C–N with tert-alkyl or cyclic N) is 1. The quantitative estimate of drug-likeness (QED) is 0.875. The van der Waals surface area contributed by atoms with Crippen LogP contribution in [0, 0.1) is 0 Å². The summed E-state index contributed by atoms with van der Waals surface area (Å²) < 4.78 is 0. The van der Waals surface area contributed by atoms with Crippen molar-refractivity contribution in [1.82, 2.24) is 10.3 Å². The zero-order valence-electron chi connectivity index (χ0n) is 12.5. The Kier molecular flexibility index (Phi) is 5.38. The van der Waals surface area contributed by atoms with Gasteiger partial charge in [0.15, 0.2) is 0 Å². The highest BCUT2D eigenvalue weighted by Crippen LogP contribution is 2.25. The molecule has 0 spiro atoms. The highest BCUT2D eigenvalue weighted by atomic mass is 35.5. The Labute approximate surface area is 144 Å². The maximum atomic E-state index is 11.1. The highest BCUT2D eigenvalue weighted by molar-refractivity contribution is 8.14. The van der Waals surface area contributed by atoms with E-state index in [2.05, 4.69) is 21.5 Å². The monoisotopic (exact) mass is 351 g/mol. The number of carbonyl (C=O) groups excluding carboxylic acids is 1. The third kappa shape index (κ3) is 4.14. The van der Waals surface area contributed by atoms with Gasteiger partial charge in [-0.15, -0.1) is 0 Å². The third-order valence-corrected chi connectivity index (χ3v) is 5.10. The number of nitrogens with zero attached hydrogens (tertiary/aromatic N) is 2. The predicted octanol–water partition coefficient (Wildman–Crippen LogP) is 2.82. The molecule has 7 heteroatoms. The molecular weight excluding hydrogens is 334 g/mol. The fourth-order valence-electron chi connectivity index (χ4n) is 2.70. The van der Waals surface area contributed by atoms with Gasteiger partial charge >= 0.3 is 0 Å². The first-order valence-electron chi connectivity index (χ1n) is 7.47. The van der Waals surface area contributed by atoms with Gasteiger partial charge in [-0.3, -0.25) is 9.69 Å². The van der Waals surface area contributed by atoms with Crippen LogP contribution in [-0.4, -0.2) is 46.3 Å². The molecule has 23 heavy (non-hydrogen) atoms. The van der Waals surface area contributed by atoms with E-state index in [1.807, 2.05) is 18.2 Å². The molecule has 1 aromatic carbocycles. The van der Waals surface area contributed by atoms with E-state index in [4.69, 9.17) is 11.6 Å². The summed E-state index contributed by atoms with van der Waals surface area (Å²) in [6.07, 6.45) is 2.39. The van der Waals surface area contributed by atoms with Crippen LogP contribution >= 0.6 is 23.4 Å². The number of aliphatic hydroxyl groups excluding tert-OH is 1. The van der Waals surface area contributed by atoms with E-state index in [0.717, 1.165) is 30.8 Å². The fraction of sp³-hybridized carbons (Fsp3) is 0.375. The maximum Gasteiger partial charge on any atom is 0.299 e.